The van der Waals surface area contributed by atoms with Crippen LogP contribution in [0.3, 0.4) is 0 Å². The number of halogens is 1. The van der Waals surface area contributed by atoms with E-state index < -0.39 is 9.05 Å². The van der Waals surface area contributed by atoms with Crippen LogP contribution in [0.5, 0.6) is 0 Å². The molecule has 0 atom stereocenters. The lowest BCUT2D eigenvalue weighted by Gasteiger charge is -1.97. The van der Waals surface area contributed by atoms with Crippen LogP contribution >= 0.6 is 10.7 Å². The fraction of sp³-hybridized carbons (Fsp3) is 0.111. The van der Waals surface area contributed by atoms with E-state index >= 15 is 0 Å². The summed E-state index contributed by atoms with van der Waals surface area (Å²) < 4.78 is 27.2. The van der Waals surface area contributed by atoms with Crippen molar-refractivity contribution in [3.8, 4) is 11.5 Å². The topological polar surface area (TPSA) is 73.1 Å². The number of hydrogen-bond donors (Lipinski definition) is 0. The molecule has 84 valence electrons. The highest BCUT2D eigenvalue weighted by atomic mass is 35.7. The zero-order chi connectivity index (χ0) is 11.8. The van der Waals surface area contributed by atoms with Crippen molar-refractivity contribution in [3.05, 3.63) is 30.1 Å². The molecule has 7 heteroatoms. The van der Waals surface area contributed by atoms with Gasteiger partial charge in [-0.15, -0.1) is 0 Å². The largest absolute Gasteiger partial charge is 0.334 e. The first-order chi connectivity index (χ1) is 7.47. The van der Waals surface area contributed by atoms with E-state index in [1.807, 2.05) is 0 Å². The summed E-state index contributed by atoms with van der Waals surface area (Å²) >= 11 is 0. The fourth-order valence-electron chi connectivity index (χ4n) is 1.20. The van der Waals surface area contributed by atoms with Crippen LogP contribution in [0.15, 0.2) is 33.7 Å². The molecular formula is C9H7ClN2O3S. The van der Waals surface area contributed by atoms with Crippen LogP contribution in [0.4, 0.5) is 0 Å². The Hall–Kier alpha value is -1.40. The number of nitrogens with zero attached hydrogens (tertiary/aromatic N) is 2. The van der Waals surface area contributed by atoms with Gasteiger partial charge in [-0.2, -0.15) is 4.98 Å². The van der Waals surface area contributed by atoms with E-state index in [0.717, 1.165) is 0 Å². The van der Waals surface area contributed by atoms with E-state index in [9.17, 15) is 8.42 Å². The van der Waals surface area contributed by atoms with Crippen molar-refractivity contribution in [1.29, 1.82) is 0 Å². The van der Waals surface area contributed by atoms with E-state index in [1.165, 1.54) is 12.1 Å². The van der Waals surface area contributed by atoms with E-state index in [4.69, 9.17) is 15.2 Å². The number of aromatic nitrogens is 2. The van der Waals surface area contributed by atoms with E-state index in [0.29, 0.717) is 11.4 Å². The minimum Gasteiger partial charge on any atom is -0.334 e. The third-order valence-electron chi connectivity index (χ3n) is 1.89. The zero-order valence-corrected chi connectivity index (χ0v) is 9.79. The Kier molecular flexibility index (Phi) is 2.69. The summed E-state index contributed by atoms with van der Waals surface area (Å²) in [6, 6.07) is 6.01. The number of aryl methyl sites for hydroxylation is 1. The Morgan fingerprint density at radius 1 is 1.38 bits per heavy atom. The van der Waals surface area contributed by atoms with Crippen LogP contribution in [-0.2, 0) is 9.05 Å². The fourth-order valence-corrected chi connectivity index (χ4v) is 1.99. The second-order valence-electron chi connectivity index (χ2n) is 3.11. The van der Waals surface area contributed by atoms with Crippen LogP contribution in [0.25, 0.3) is 11.5 Å². The molecule has 0 bridgehead atoms. The lowest BCUT2D eigenvalue weighted by molar-refractivity contribution is 0.425. The summed E-state index contributed by atoms with van der Waals surface area (Å²) in [7, 11) is 1.48. The molecule has 1 aromatic heterocycles. The van der Waals surface area contributed by atoms with Gasteiger partial charge in [-0.1, -0.05) is 11.2 Å². The van der Waals surface area contributed by atoms with Crippen LogP contribution in [0.2, 0.25) is 0 Å². The minimum absolute atomic E-state index is 0.00233. The first-order valence-electron chi connectivity index (χ1n) is 4.32. The summed E-state index contributed by atoms with van der Waals surface area (Å²) in [6.45, 7) is 1.68. The van der Waals surface area contributed by atoms with Crippen LogP contribution in [-0.4, -0.2) is 18.6 Å². The zero-order valence-electron chi connectivity index (χ0n) is 8.21. The second-order valence-corrected chi connectivity index (χ2v) is 5.68. The van der Waals surface area contributed by atoms with Crippen molar-refractivity contribution >= 4 is 19.7 Å². The molecule has 0 radical (unpaired) electrons. The van der Waals surface area contributed by atoms with Crippen molar-refractivity contribution in [2.45, 2.75) is 11.8 Å². The van der Waals surface area contributed by atoms with E-state index in [-0.39, 0.29) is 10.8 Å². The van der Waals surface area contributed by atoms with Gasteiger partial charge >= 0.3 is 0 Å². The molecule has 0 N–H and O–H groups in total. The van der Waals surface area contributed by atoms with Gasteiger partial charge in [0.15, 0.2) is 5.82 Å². The molecule has 1 aromatic carbocycles. The quantitative estimate of drug-likeness (QED) is 0.770. The smallest absolute Gasteiger partial charge is 0.261 e. The lowest BCUT2D eigenvalue weighted by atomic mass is 10.2. The van der Waals surface area contributed by atoms with Crippen LogP contribution in [0, 0.1) is 6.92 Å². The van der Waals surface area contributed by atoms with Crippen molar-refractivity contribution in [2.75, 3.05) is 0 Å². The highest BCUT2D eigenvalue weighted by Gasteiger charge is 2.13. The van der Waals surface area contributed by atoms with Crippen LogP contribution < -0.4 is 0 Å². The molecule has 2 rings (SSSR count). The van der Waals surface area contributed by atoms with Gasteiger partial charge in [0.2, 0.25) is 0 Å². The summed E-state index contributed by atoms with van der Waals surface area (Å²) in [4.78, 5) is 3.99. The average Bonchev–Trinajstić information content (AvgIpc) is 2.64. The maximum atomic E-state index is 11.1. The van der Waals surface area contributed by atoms with Gasteiger partial charge in [0.1, 0.15) is 0 Å². The normalized spacial score (nSPS) is 11.6. The molecule has 0 saturated heterocycles. The molecule has 0 spiro atoms. The van der Waals surface area contributed by atoms with Gasteiger partial charge in [0, 0.05) is 16.2 Å². The third kappa shape index (κ3) is 2.23. The molecule has 0 saturated carbocycles. The van der Waals surface area contributed by atoms with Crippen molar-refractivity contribution < 1.29 is 12.9 Å². The Morgan fingerprint density at radius 2 is 2.12 bits per heavy atom. The maximum absolute atomic E-state index is 11.1. The van der Waals surface area contributed by atoms with Gasteiger partial charge in [-0.25, -0.2) is 8.42 Å². The number of hydrogen-bond acceptors (Lipinski definition) is 5. The molecule has 0 aliphatic carbocycles. The summed E-state index contributed by atoms with van der Waals surface area (Å²) in [5.74, 6) is 0.744. The molecule has 0 unspecified atom stereocenters. The molecule has 0 fully saturated rings. The third-order valence-corrected chi connectivity index (χ3v) is 3.24. The van der Waals surface area contributed by atoms with Gasteiger partial charge in [0.25, 0.3) is 14.9 Å². The molecular weight excluding hydrogens is 252 g/mol. The highest BCUT2D eigenvalue weighted by molar-refractivity contribution is 8.13. The van der Waals surface area contributed by atoms with Gasteiger partial charge in [-0.3, -0.25) is 0 Å². The Morgan fingerprint density at radius 3 is 2.69 bits per heavy atom. The van der Waals surface area contributed by atoms with E-state index in [1.54, 1.807) is 19.1 Å². The first-order valence-corrected chi connectivity index (χ1v) is 6.63. The lowest BCUT2D eigenvalue weighted by Crippen LogP contribution is -1.90. The molecule has 0 aliphatic rings. The van der Waals surface area contributed by atoms with Crippen molar-refractivity contribution in [3.63, 3.8) is 0 Å². The number of benzene rings is 1. The van der Waals surface area contributed by atoms with Gasteiger partial charge in [-0.05, 0) is 25.1 Å². The predicted octanol–water partition coefficient (Wildman–Crippen LogP) is 1.97. The maximum Gasteiger partial charge on any atom is 0.261 e. The standard InChI is InChI=1S/C9H7ClN2O3S/c1-6-11-9(15-12-6)7-3-2-4-8(5-7)16(10,13)14/h2-5H,1H3. The van der Waals surface area contributed by atoms with Crippen LogP contribution in [0.1, 0.15) is 5.82 Å². The van der Waals surface area contributed by atoms with Gasteiger partial charge in [0.05, 0.1) is 4.90 Å². The SMILES string of the molecule is Cc1noc(-c2cccc(S(=O)(=O)Cl)c2)n1. The number of rotatable bonds is 2. The molecule has 2 aromatic rings. The van der Waals surface area contributed by atoms with E-state index in [2.05, 4.69) is 10.1 Å². The Balaban J connectivity index is 2.52. The average molecular weight is 259 g/mol. The molecule has 5 nitrogen and oxygen atoms in total. The minimum atomic E-state index is -3.74. The Bertz CT molecular complexity index is 621. The van der Waals surface area contributed by atoms with Crippen molar-refractivity contribution in [2.24, 2.45) is 0 Å². The second kappa shape index (κ2) is 3.88. The molecule has 16 heavy (non-hydrogen) atoms. The summed E-state index contributed by atoms with van der Waals surface area (Å²) in [6.07, 6.45) is 0. The Labute approximate surface area is 96.5 Å². The monoisotopic (exact) mass is 258 g/mol. The van der Waals surface area contributed by atoms with Gasteiger partial charge < -0.3 is 4.52 Å². The highest BCUT2D eigenvalue weighted by Crippen LogP contribution is 2.22. The summed E-state index contributed by atoms with van der Waals surface area (Å²) in [5.41, 5.74) is 0.516. The molecule has 1 heterocycles. The first kappa shape index (κ1) is 11.1. The molecule has 0 amide bonds. The predicted molar refractivity (Wildman–Crippen MR) is 57.5 cm³/mol. The molecule has 0 aliphatic heterocycles. The van der Waals surface area contributed by atoms with Crippen molar-refractivity contribution in [1.82, 2.24) is 10.1 Å². The summed E-state index contributed by atoms with van der Waals surface area (Å²) in [5, 5.41) is 3.62.